The van der Waals surface area contributed by atoms with E-state index in [1.54, 1.807) is 28.8 Å². The summed E-state index contributed by atoms with van der Waals surface area (Å²) in [6.45, 7) is 5.89. The van der Waals surface area contributed by atoms with Crippen LogP contribution in [0.3, 0.4) is 0 Å². The number of amides is 2. The maximum Gasteiger partial charge on any atom is 0.317 e. The Morgan fingerprint density at radius 3 is 2.63 bits per heavy atom. The van der Waals surface area contributed by atoms with E-state index in [1.807, 2.05) is 50.2 Å². The van der Waals surface area contributed by atoms with Gasteiger partial charge in [-0.15, -0.1) is 0 Å². The molecule has 1 aromatic heterocycles. The van der Waals surface area contributed by atoms with Gasteiger partial charge in [0, 0.05) is 24.7 Å². The summed E-state index contributed by atoms with van der Waals surface area (Å²) in [5.74, 6) is 1.66. The molecule has 0 spiro atoms. The number of nitrogens with zero attached hydrogens (tertiary/aromatic N) is 3. The molecule has 1 fully saturated rings. The first-order valence-electron chi connectivity index (χ1n) is 11.8. The zero-order valence-electron chi connectivity index (χ0n) is 20.3. The molecule has 2 amide bonds. The molecule has 1 aliphatic rings. The van der Waals surface area contributed by atoms with Crippen LogP contribution in [0, 0.1) is 6.92 Å². The molecule has 1 aliphatic heterocycles. The predicted molar refractivity (Wildman–Crippen MR) is 135 cm³/mol. The number of rotatable bonds is 9. The van der Waals surface area contributed by atoms with Crippen LogP contribution in [0.4, 0.5) is 4.79 Å². The number of urea groups is 1. The van der Waals surface area contributed by atoms with Gasteiger partial charge in [0.15, 0.2) is 11.5 Å². The molecule has 4 rings (SSSR count). The summed E-state index contributed by atoms with van der Waals surface area (Å²) in [4.78, 5) is 14.8. The zero-order valence-corrected chi connectivity index (χ0v) is 21.0. The number of benzene rings is 2. The number of hydrogen-bond acceptors (Lipinski definition) is 5. The minimum atomic E-state index is -0.148. The molecule has 1 N–H and O–H groups in total. The maximum absolute atomic E-state index is 13.0. The minimum Gasteiger partial charge on any atom is -0.493 e. The average Bonchev–Trinajstić information content (AvgIpc) is 3.48. The van der Waals surface area contributed by atoms with Crippen LogP contribution in [0.1, 0.15) is 31.0 Å². The van der Waals surface area contributed by atoms with E-state index in [0.29, 0.717) is 42.0 Å². The number of halogens is 1. The van der Waals surface area contributed by atoms with Crippen molar-refractivity contribution >= 4 is 17.6 Å². The molecule has 8 nitrogen and oxygen atoms in total. The molecular formula is C26H31ClN4O4. The molecule has 1 saturated heterocycles. The largest absolute Gasteiger partial charge is 0.493 e. The zero-order chi connectivity index (χ0) is 24.8. The Morgan fingerprint density at radius 2 is 1.97 bits per heavy atom. The van der Waals surface area contributed by atoms with Crippen molar-refractivity contribution in [3.63, 3.8) is 0 Å². The SMILES string of the molecule is CCNC(=O)N(Cc1c(C)nn(-c2ccc(Cl)cc2)c1Oc1ccccc1OC)C[C@H]1CCCO1. The van der Waals surface area contributed by atoms with Crippen molar-refractivity contribution in [1.29, 1.82) is 0 Å². The predicted octanol–water partition coefficient (Wildman–Crippen LogP) is 5.35. The average molecular weight is 499 g/mol. The van der Waals surface area contributed by atoms with E-state index in [4.69, 9.17) is 30.9 Å². The van der Waals surface area contributed by atoms with Crippen LogP contribution < -0.4 is 14.8 Å². The molecule has 35 heavy (non-hydrogen) atoms. The van der Waals surface area contributed by atoms with Gasteiger partial charge in [-0.05, 0) is 63.1 Å². The molecule has 2 aromatic carbocycles. The monoisotopic (exact) mass is 498 g/mol. The number of para-hydroxylation sites is 2. The fourth-order valence-electron chi connectivity index (χ4n) is 4.10. The van der Waals surface area contributed by atoms with Gasteiger partial charge < -0.3 is 24.4 Å². The Labute approximate surface area is 210 Å². The molecule has 0 radical (unpaired) electrons. The third-order valence-corrected chi connectivity index (χ3v) is 6.15. The first kappa shape index (κ1) is 24.9. The number of methoxy groups -OCH3 is 1. The summed E-state index contributed by atoms with van der Waals surface area (Å²) < 4.78 is 19.5. The van der Waals surface area contributed by atoms with Gasteiger partial charge in [-0.3, -0.25) is 0 Å². The van der Waals surface area contributed by atoms with Crippen LogP contribution in [-0.2, 0) is 11.3 Å². The Kier molecular flexibility index (Phi) is 8.15. The molecule has 9 heteroatoms. The lowest BCUT2D eigenvalue weighted by Crippen LogP contribution is -2.43. The lowest BCUT2D eigenvalue weighted by molar-refractivity contribution is 0.0793. The molecule has 0 saturated carbocycles. The molecular weight excluding hydrogens is 468 g/mol. The van der Waals surface area contributed by atoms with E-state index in [-0.39, 0.29) is 12.1 Å². The third-order valence-electron chi connectivity index (χ3n) is 5.90. The van der Waals surface area contributed by atoms with Gasteiger partial charge in [0.25, 0.3) is 0 Å². The van der Waals surface area contributed by atoms with Crippen molar-refractivity contribution < 1.29 is 19.0 Å². The van der Waals surface area contributed by atoms with E-state index < -0.39 is 0 Å². The first-order chi connectivity index (χ1) is 17.0. The number of carbonyl (C=O) groups excluding carboxylic acids is 1. The van der Waals surface area contributed by atoms with E-state index in [0.717, 1.165) is 36.4 Å². The Bertz CT molecular complexity index is 1140. The van der Waals surface area contributed by atoms with Gasteiger partial charge in [0.2, 0.25) is 5.88 Å². The standard InChI is InChI=1S/C26H31ClN4O4/c1-4-28-26(32)30(16-21-8-7-15-34-21)17-22-18(2)29-31(20-13-11-19(27)12-14-20)25(22)35-24-10-6-5-9-23(24)33-3/h5-6,9-14,21H,4,7-8,15-17H2,1-3H3,(H,28,32)/t21-/m1/s1. The van der Waals surface area contributed by atoms with Crippen LogP contribution in [0.15, 0.2) is 48.5 Å². The van der Waals surface area contributed by atoms with Crippen LogP contribution in [0.25, 0.3) is 5.69 Å². The van der Waals surface area contributed by atoms with Crippen molar-refractivity contribution in [3.05, 3.63) is 64.8 Å². The van der Waals surface area contributed by atoms with E-state index in [9.17, 15) is 4.79 Å². The van der Waals surface area contributed by atoms with E-state index >= 15 is 0 Å². The number of nitrogens with one attached hydrogen (secondary N) is 1. The van der Waals surface area contributed by atoms with Gasteiger partial charge in [-0.2, -0.15) is 5.10 Å². The van der Waals surface area contributed by atoms with Crippen molar-refractivity contribution in [2.45, 2.75) is 39.3 Å². The number of aromatic nitrogens is 2. The number of aryl methyl sites for hydroxylation is 1. The van der Waals surface area contributed by atoms with E-state index in [2.05, 4.69) is 5.32 Å². The fourth-order valence-corrected chi connectivity index (χ4v) is 4.22. The molecule has 3 aromatic rings. The molecule has 186 valence electrons. The first-order valence-corrected chi connectivity index (χ1v) is 12.2. The summed E-state index contributed by atoms with van der Waals surface area (Å²) >= 11 is 6.12. The summed E-state index contributed by atoms with van der Waals surface area (Å²) in [6.07, 6.45) is 1.95. The molecule has 0 aliphatic carbocycles. The lowest BCUT2D eigenvalue weighted by atomic mass is 10.2. The third kappa shape index (κ3) is 5.89. The second-order valence-corrected chi connectivity index (χ2v) is 8.80. The van der Waals surface area contributed by atoms with Crippen molar-refractivity contribution in [1.82, 2.24) is 20.0 Å². The van der Waals surface area contributed by atoms with Crippen LogP contribution in [0.2, 0.25) is 5.02 Å². The summed E-state index contributed by atoms with van der Waals surface area (Å²) in [7, 11) is 1.60. The van der Waals surface area contributed by atoms with Gasteiger partial charge >= 0.3 is 6.03 Å². The number of carbonyl (C=O) groups is 1. The smallest absolute Gasteiger partial charge is 0.317 e. The normalized spacial score (nSPS) is 15.1. The minimum absolute atomic E-state index is 0.0165. The van der Waals surface area contributed by atoms with Crippen molar-refractivity contribution in [3.8, 4) is 23.1 Å². The van der Waals surface area contributed by atoms with E-state index in [1.165, 1.54) is 0 Å². The van der Waals surface area contributed by atoms with Crippen molar-refractivity contribution in [2.75, 3.05) is 26.8 Å². The maximum atomic E-state index is 13.0. The van der Waals surface area contributed by atoms with Crippen LogP contribution >= 0.6 is 11.6 Å². The molecule has 0 unspecified atom stereocenters. The van der Waals surface area contributed by atoms with Gasteiger partial charge in [0.1, 0.15) is 0 Å². The Balaban J connectivity index is 1.75. The van der Waals surface area contributed by atoms with Gasteiger partial charge in [-0.25, -0.2) is 9.48 Å². The topological polar surface area (TPSA) is 77.9 Å². The lowest BCUT2D eigenvalue weighted by Gasteiger charge is -2.26. The van der Waals surface area contributed by atoms with Gasteiger partial charge in [0.05, 0.1) is 36.7 Å². The highest BCUT2D eigenvalue weighted by Gasteiger charge is 2.27. The molecule has 0 bridgehead atoms. The highest BCUT2D eigenvalue weighted by molar-refractivity contribution is 6.30. The number of ether oxygens (including phenoxy) is 3. The van der Waals surface area contributed by atoms with Crippen LogP contribution in [-0.4, -0.2) is 53.6 Å². The Morgan fingerprint density at radius 1 is 1.23 bits per heavy atom. The Hall–Kier alpha value is -3.23. The summed E-state index contributed by atoms with van der Waals surface area (Å²) in [6, 6.07) is 14.7. The van der Waals surface area contributed by atoms with Gasteiger partial charge in [-0.1, -0.05) is 23.7 Å². The quantitative estimate of drug-likeness (QED) is 0.430. The second-order valence-electron chi connectivity index (χ2n) is 8.36. The number of hydrogen-bond donors (Lipinski definition) is 1. The highest BCUT2D eigenvalue weighted by atomic mass is 35.5. The summed E-state index contributed by atoms with van der Waals surface area (Å²) in [5, 5.41) is 8.32. The van der Waals surface area contributed by atoms with Crippen LogP contribution in [0.5, 0.6) is 17.4 Å². The second kappa shape index (κ2) is 11.5. The van der Waals surface area contributed by atoms with Crippen molar-refractivity contribution in [2.24, 2.45) is 0 Å². The molecule has 1 atom stereocenters. The molecule has 2 heterocycles. The summed E-state index contributed by atoms with van der Waals surface area (Å²) in [5.41, 5.74) is 2.35. The fraction of sp³-hybridized carbons (Fsp3) is 0.385. The highest BCUT2D eigenvalue weighted by Crippen LogP contribution is 2.36.